The highest BCUT2D eigenvalue weighted by Crippen LogP contribution is 2.41. The molecule has 8 heteroatoms. The lowest BCUT2D eigenvalue weighted by Crippen LogP contribution is -2.09. The van der Waals surface area contributed by atoms with Gasteiger partial charge in [-0.25, -0.2) is 9.97 Å². The van der Waals surface area contributed by atoms with E-state index in [1.807, 2.05) is 146 Å². The number of hydrogen-bond acceptors (Lipinski definition) is 7. The highest BCUT2D eigenvalue weighted by Gasteiger charge is 2.21. The summed E-state index contributed by atoms with van der Waals surface area (Å²) in [5.74, 6) is 0.389. The normalized spacial score (nSPS) is 10.8. The molecule has 0 N–H and O–H groups in total. The van der Waals surface area contributed by atoms with Gasteiger partial charge in [-0.05, 0) is 102 Å². The molecule has 0 aliphatic heterocycles. The highest BCUT2D eigenvalue weighted by molar-refractivity contribution is 6.11. The van der Waals surface area contributed by atoms with E-state index in [-0.39, 0.29) is 0 Å². The molecule has 0 aliphatic rings. The fourth-order valence-electron chi connectivity index (χ4n) is 9.26. The van der Waals surface area contributed by atoms with Gasteiger partial charge in [-0.1, -0.05) is 133 Å². The van der Waals surface area contributed by atoms with E-state index in [4.69, 9.17) is 9.97 Å². The van der Waals surface area contributed by atoms with Crippen molar-refractivity contribution < 1.29 is 0 Å². The Morgan fingerprint density at radius 2 is 0.857 bits per heavy atom. The molecule has 0 atom stereocenters. The van der Waals surface area contributed by atoms with Crippen molar-refractivity contribution in [2.75, 3.05) is 4.90 Å². The molecule has 0 bridgehead atoms. The first-order valence-electron chi connectivity index (χ1n) is 22.5. The van der Waals surface area contributed by atoms with E-state index in [9.17, 15) is 21.0 Å². The summed E-state index contributed by atoms with van der Waals surface area (Å²) >= 11 is 0. The summed E-state index contributed by atoms with van der Waals surface area (Å²) in [5, 5.41) is 43.3. The van der Waals surface area contributed by atoms with Crippen molar-refractivity contribution in [1.82, 2.24) is 14.5 Å². The van der Waals surface area contributed by atoms with Crippen LogP contribution in [0.1, 0.15) is 22.3 Å². The van der Waals surface area contributed by atoms with E-state index in [1.165, 1.54) is 0 Å². The second-order valence-corrected chi connectivity index (χ2v) is 16.6. The number of para-hydroxylation sites is 3. The molecule has 0 unspecified atom stereocenters. The maximum absolute atomic E-state index is 10.8. The van der Waals surface area contributed by atoms with Gasteiger partial charge in [0, 0.05) is 50.1 Å². The first kappa shape index (κ1) is 42.3. The third-order valence-electron chi connectivity index (χ3n) is 12.6. The molecule has 9 aromatic carbocycles. The molecule has 0 aliphatic carbocycles. The van der Waals surface area contributed by atoms with Crippen LogP contribution < -0.4 is 4.90 Å². The number of fused-ring (bicyclic) bond motifs is 3. The lowest BCUT2D eigenvalue weighted by Gasteiger charge is -2.25. The number of nitrogens with zero attached hydrogens (tertiary/aromatic N) is 8. The molecule has 0 saturated heterocycles. The number of benzene rings is 9. The van der Waals surface area contributed by atoms with Crippen molar-refractivity contribution in [3.05, 3.63) is 241 Å². The van der Waals surface area contributed by atoms with Gasteiger partial charge in [-0.3, -0.25) is 0 Å². The molecular weight excluding hydrogens is 857 g/mol. The molecule has 2 heterocycles. The molecular formula is C62H36N8. The van der Waals surface area contributed by atoms with E-state index in [1.54, 1.807) is 18.2 Å². The summed E-state index contributed by atoms with van der Waals surface area (Å²) < 4.78 is 2.10. The van der Waals surface area contributed by atoms with Gasteiger partial charge in [-0.15, -0.1) is 0 Å². The number of hydrogen-bond donors (Lipinski definition) is 0. The van der Waals surface area contributed by atoms with Crippen LogP contribution in [-0.2, 0) is 0 Å². The van der Waals surface area contributed by atoms with E-state index >= 15 is 0 Å². The van der Waals surface area contributed by atoms with Gasteiger partial charge in [-0.2, -0.15) is 21.0 Å². The Balaban J connectivity index is 0.935. The minimum atomic E-state index is 0.389. The fraction of sp³-hybridized carbons (Fsp3) is 0. The minimum Gasteiger partial charge on any atom is -0.310 e. The molecule has 70 heavy (non-hydrogen) atoms. The monoisotopic (exact) mass is 892 g/mol. The maximum atomic E-state index is 10.8. The second-order valence-electron chi connectivity index (χ2n) is 16.6. The van der Waals surface area contributed by atoms with Crippen molar-refractivity contribution in [3.63, 3.8) is 0 Å². The zero-order valence-corrected chi connectivity index (χ0v) is 37.4. The number of anilines is 3. The van der Waals surface area contributed by atoms with Crippen LogP contribution in [0.2, 0.25) is 0 Å². The summed E-state index contributed by atoms with van der Waals surface area (Å²) in [6.07, 6.45) is 0. The first-order chi connectivity index (χ1) is 34.5. The molecule has 11 aromatic rings. The predicted octanol–water partition coefficient (Wildman–Crippen LogP) is 14.9. The molecule has 11 rings (SSSR count). The zero-order valence-electron chi connectivity index (χ0n) is 37.4. The van der Waals surface area contributed by atoms with Gasteiger partial charge in [0.2, 0.25) is 0 Å². The lowest BCUT2D eigenvalue weighted by molar-refractivity contribution is 1.16. The van der Waals surface area contributed by atoms with Gasteiger partial charge >= 0.3 is 0 Å². The Morgan fingerprint density at radius 1 is 0.343 bits per heavy atom. The van der Waals surface area contributed by atoms with Crippen molar-refractivity contribution >= 4 is 38.9 Å². The zero-order chi connectivity index (χ0) is 47.6. The van der Waals surface area contributed by atoms with Crippen LogP contribution in [0.5, 0.6) is 0 Å². The van der Waals surface area contributed by atoms with Gasteiger partial charge < -0.3 is 9.47 Å². The van der Waals surface area contributed by atoms with Crippen molar-refractivity contribution in [2.24, 2.45) is 0 Å². The highest BCUT2D eigenvalue weighted by atomic mass is 15.1. The van der Waals surface area contributed by atoms with E-state index in [0.29, 0.717) is 61.8 Å². The molecule has 8 nitrogen and oxygen atoms in total. The number of nitriles is 4. The lowest BCUT2D eigenvalue weighted by atomic mass is 9.94. The van der Waals surface area contributed by atoms with Gasteiger partial charge in [0.25, 0.3) is 0 Å². The Hall–Kier alpha value is -10.4. The third kappa shape index (κ3) is 7.63. The minimum absolute atomic E-state index is 0.389. The summed E-state index contributed by atoms with van der Waals surface area (Å²) in [5.41, 5.74) is 14.1. The molecule has 0 spiro atoms. The molecule has 0 amide bonds. The largest absolute Gasteiger partial charge is 0.310 e. The van der Waals surface area contributed by atoms with Crippen molar-refractivity contribution in [3.8, 4) is 86.1 Å². The number of aromatic nitrogens is 3. The molecule has 0 saturated carbocycles. The average molecular weight is 893 g/mol. The topological polar surface area (TPSA) is 129 Å². The van der Waals surface area contributed by atoms with Crippen molar-refractivity contribution in [2.45, 2.75) is 0 Å². The first-order valence-corrected chi connectivity index (χ1v) is 22.5. The predicted molar refractivity (Wildman–Crippen MR) is 277 cm³/mol. The third-order valence-corrected chi connectivity index (χ3v) is 12.6. The average Bonchev–Trinajstić information content (AvgIpc) is 3.76. The van der Waals surface area contributed by atoms with Crippen LogP contribution in [-0.4, -0.2) is 14.5 Å². The Kier molecular flexibility index (Phi) is 10.9. The molecule has 0 fully saturated rings. The summed E-state index contributed by atoms with van der Waals surface area (Å²) in [7, 11) is 0. The number of rotatable bonds is 9. The SMILES string of the molecule is N#Cc1cc(-n2c3ccccc3c3cc(N(c4ccccc4)c4ccccc4)ccc32)c(C#N)cc1-c1ccc(-c2ccc(-c3cc(-c4ccccc4C#N)nc(-c4ccccc4C#N)n3)cc2)cc1. The quantitative estimate of drug-likeness (QED) is 0.141. The molecule has 0 radical (unpaired) electrons. The van der Waals surface area contributed by atoms with E-state index < -0.39 is 0 Å². The van der Waals surface area contributed by atoms with Crippen molar-refractivity contribution in [1.29, 1.82) is 21.0 Å². The van der Waals surface area contributed by atoms with E-state index in [0.717, 1.165) is 61.1 Å². The summed E-state index contributed by atoms with van der Waals surface area (Å²) in [4.78, 5) is 12.0. The summed E-state index contributed by atoms with van der Waals surface area (Å²) in [6, 6.07) is 80.7. The van der Waals surface area contributed by atoms with Gasteiger partial charge in [0.05, 0.1) is 68.6 Å². The fourth-order valence-corrected chi connectivity index (χ4v) is 9.26. The van der Waals surface area contributed by atoms with Gasteiger partial charge in [0.1, 0.15) is 6.07 Å². The molecule has 324 valence electrons. The van der Waals surface area contributed by atoms with Crippen LogP contribution in [0.3, 0.4) is 0 Å². The Labute approximate surface area is 404 Å². The summed E-state index contributed by atoms with van der Waals surface area (Å²) in [6.45, 7) is 0. The van der Waals surface area contributed by atoms with Crippen LogP contribution in [0.4, 0.5) is 17.1 Å². The van der Waals surface area contributed by atoms with E-state index in [2.05, 4.69) is 88.3 Å². The Morgan fingerprint density at radius 3 is 1.50 bits per heavy atom. The smallest absolute Gasteiger partial charge is 0.161 e. The van der Waals surface area contributed by atoms with Crippen LogP contribution in [0, 0.1) is 45.3 Å². The van der Waals surface area contributed by atoms with Crippen LogP contribution >= 0.6 is 0 Å². The second kappa shape index (κ2) is 18.1. The van der Waals surface area contributed by atoms with Crippen LogP contribution in [0.25, 0.3) is 83.6 Å². The standard InChI is InChI=1S/C62H36N8/c63-37-45-13-7-9-19-52(45)58-36-57(67-62(68-58)53-20-10-8-14-46(53)38-64)44-29-25-42(26-30-44)41-23-27-43(28-24-41)55-33-48(40-66)61(34-47(55)39-65)70-59-22-12-11-21-54(59)56-35-51(31-32-60(56)70)69(49-15-3-1-4-16-49)50-17-5-2-6-18-50/h1-36H. The van der Waals surface area contributed by atoms with Crippen LogP contribution in [0.15, 0.2) is 218 Å². The maximum Gasteiger partial charge on any atom is 0.161 e. The van der Waals surface area contributed by atoms with Gasteiger partial charge in [0.15, 0.2) is 5.82 Å². The molecule has 2 aromatic heterocycles. The Bertz CT molecular complexity index is 3860.